The summed E-state index contributed by atoms with van der Waals surface area (Å²) in [6.07, 6.45) is 0.00908. The predicted octanol–water partition coefficient (Wildman–Crippen LogP) is 4.24. The summed E-state index contributed by atoms with van der Waals surface area (Å²) in [4.78, 5) is 0. The van der Waals surface area contributed by atoms with Crippen LogP contribution in [0.1, 0.15) is 28.4 Å². The number of methoxy groups -OCH3 is 1. The van der Waals surface area contributed by atoms with Crippen molar-refractivity contribution >= 4 is 11.6 Å². The van der Waals surface area contributed by atoms with E-state index in [9.17, 15) is 5.11 Å². The molecule has 1 unspecified atom stereocenters. The van der Waals surface area contributed by atoms with Gasteiger partial charge in [-0.3, -0.25) is 0 Å². The zero-order chi connectivity index (χ0) is 14.7. The van der Waals surface area contributed by atoms with Crippen LogP contribution in [0.15, 0.2) is 36.4 Å². The molecule has 0 bridgehead atoms. The first kappa shape index (κ1) is 14.9. The van der Waals surface area contributed by atoms with Crippen LogP contribution in [0, 0.1) is 13.8 Å². The number of benzene rings is 2. The van der Waals surface area contributed by atoms with Crippen LogP contribution in [0.2, 0.25) is 5.02 Å². The van der Waals surface area contributed by atoms with Crippen LogP contribution in [-0.4, -0.2) is 12.2 Å². The summed E-state index contributed by atoms with van der Waals surface area (Å²) >= 11 is 6.10. The van der Waals surface area contributed by atoms with E-state index in [1.807, 2.05) is 6.07 Å². The quantitative estimate of drug-likeness (QED) is 0.912. The highest BCUT2D eigenvalue weighted by Gasteiger charge is 2.12. The molecule has 2 aromatic carbocycles. The van der Waals surface area contributed by atoms with Crippen LogP contribution in [0.3, 0.4) is 0 Å². The number of hydrogen-bond acceptors (Lipinski definition) is 2. The first-order chi connectivity index (χ1) is 9.51. The van der Waals surface area contributed by atoms with Crippen LogP contribution in [0.25, 0.3) is 0 Å². The highest BCUT2D eigenvalue weighted by molar-refractivity contribution is 6.32. The minimum Gasteiger partial charge on any atom is -0.495 e. The molecule has 0 radical (unpaired) electrons. The lowest BCUT2D eigenvalue weighted by molar-refractivity contribution is 0.178. The summed E-state index contributed by atoms with van der Waals surface area (Å²) < 4.78 is 5.12. The van der Waals surface area contributed by atoms with Crippen LogP contribution in [-0.2, 0) is 6.42 Å². The van der Waals surface area contributed by atoms with Crippen molar-refractivity contribution in [2.75, 3.05) is 7.11 Å². The van der Waals surface area contributed by atoms with Gasteiger partial charge in [0.15, 0.2) is 0 Å². The Balaban J connectivity index is 2.21. The second-order valence-electron chi connectivity index (χ2n) is 5.04. The standard InChI is InChI=1S/C17H19ClO2/c1-11-4-5-12(2)14(8-11)10-16(19)13-6-7-17(20-3)15(18)9-13/h4-9,16,19H,10H2,1-3H3. The Morgan fingerprint density at radius 3 is 2.55 bits per heavy atom. The normalized spacial score (nSPS) is 12.2. The van der Waals surface area contributed by atoms with E-state index in [1.54, 1.807) is 19.2 Å². The first-order valence-corrected chi connectivity index (χ1v) is 6.96. The number of rotatable bonds is 4. The topological polar surface area (TPSA) is 29.5 Å². The van der Waals surface area contributed by atoms with E-state index in [-0.39, 0.29) is 0 Å². The minimum absolute atomic E-state index is 0.519. The van der Waals surface area contributed by atoms with E-state index >= 15 is 0 Å². The van der Waals surface area contributed by atoms with E-state index in [1.165, 1.54) is 11.1 Å². The van der Waals surface area contributed by atoms with Crippen molar-refractivity contribution in [1.82, 2.24) is 0 Å². The Labute approximate surface area is 125 Å². The molecular formula is C17H19ClO2. The largest absolute Gasteiger partial charge is 0.495 e. The molecule has 0 spiro atoms. The van der Waals surface area contributed by atoms with Gasteiger partial charge >= 0.3 is 0 Å². The molecule has 0 heterocycles. The van der Waals surface area contributed by atoms with Crippen LogP contribution in [0.4, 0.5) is 0 Å². The smallest absolute Gasteiger partial charge is 0.137 e. The summed E-state index contributed by atoms with van der Waals surface area (Å²) in [5, 5.41) is 10.9. The summed E-state index contributed by atoms with van der Waals surface area (Å²) in [6.45, 7) is 4.11. The lowest BCUT2D eigenvalue weighted by Crippen LogP contribution is -2.04. The molecule has 0 fully saturated rings. The number of hydrogen-bond donors (Lipinski definition) is 1. The molecule has 0 aliphatic rings. The van der Waals surface area contributed by atoms with Gasteiger partial charge in [-0.05, 0) is 42.7 Å². The Morgan fingerprint density at radius 2 is 1.90 bits per heavy atom. The Hall–Kier alpha value is -1.51. The third kappa shape index (κ3) is 3.33. The molecule has 0 saturated carbocycles. The molecule has 0 aliphatic heterocycles. The maximum absolute atomic E-state index is 10.4. The summed E-state index contributed by atoms with van der Waals surface area (Å²) in [6, 6.07) is 11.7. The fourth-order valence-electron chi connectivity index (χ4n) is 2.24. The molecular weight excluding hydrogens is 272 g/mol. The molecule has 2 aromatic rings. The molecule has 1 atom stereocenters. The van der Waals surface area contributed by atoms with Gasteiger partial charge in [0.1, 0.15) is 5.75 Å². The monoisotopic (exact) mass is 290 g/mol. The Morgan fingerprint density at radius 1 is 1.15 bits per heavy atom. The maximum atomic E-state index is 10.4. The van der Waals surface area contributed by atoms with Crippen molar-refractivity contribution in [2.24, 2.45) is 0 Å². The average Bonchev–Trinajstić information content (AvgIpc) is 2.42. The molecule has 0 saturated heterocycles. The van der Waals surface area contributed by atoms with Gasteiger partial charge in [0.25, 0.3) is 0 Å². The predicted molar refractivity (Wildman–Crippen MR) is 82.6 cm³/mol. The number of ether oxygens (including phenoxy) is 1. The SMILES string of the molecule is COc1ccc(C(O)Cc2cc(C)ccc2C)cc1Cl. The molecule has 0 amide bonds. The van der Waals surface area contributed by atoms with Gasteiger partial charge in [-0.15, -0.1) is 0 Å². The lowest BCUT2D eigenvalue weighted by Gasteiger charge is -2.15. The third-order valence-corrected chi connectivity index (χ3v) is 3.77. The molecule has 3 heteroatoms. The van der Waals surface area contributed by atoms with E-state index in [2.05, 4.69) is 32.0 Å². The molecule has 2 rings (SSSR count). The van der Waals surface area contributed by atoms with Gasteiger partial charge in [-0.25, -0.2) is 0 Å². The van der Waals surface area contributed by atoms with Crippen LogP contribution in [0.5, 0.6) is 5.75 Å². The van der Waals surface area contributed by atoms with Gasteiger partial charge in [0, 0.05) is 6.42 Å². The van der Waals surface area contributed by atoms with Crippen molar-refractivity contribution in [3.63, 3.8) is 0 Å². The second-order valence-corrected chi connectivity index (χ2v) is 5.45. The zero-order valence-electron chi connectivity index (χ0n) is 12.0. The number of aryl methyl sites for hydroxylation is 2. The van der Waals surface area contributed by atoms with Gasteiger partial charge in [-0.1, -0.05) is 41.4 Å². The molecule has 0 aliphatic carbocycles. The fraction of sp³-hybridized carbons (Fsp3) is 0.294. The minimum atomic E-state index is -0.570. The van der Waals surface area contributed by atoms with Crippen molar-refractivity contribution in [1.29, 1.82) is 0 Å². The second kappa shape index (κ2) is 6.29. The van der Waals surface area contributed by atoms with Gasteiger partial charge < -0.3 is 9.84 Å². The third-order valence-electron chi connectivity index (χ3n) is 3.48. The Kier molecular flexibility index (Phi) is 4.69. The molecule has 2 nitrogen and oxygen atoms in total. The van der Waals surface area contributed by atoms with Gasteiger partial charge in [-0.2, -0.15) is 0 Å². The number of aliphatic hydroxyl groups is 1. The van der Waals surface area contributed by atoms with E-state index in [0.29, 0.717) is 17.2 Å². The van der Waals surface area contributed by atoms with Crippen molar-refractivity contribution in [3.05, 3.63) is 63.7 Å². The Bertz CT molecular complexity index is 608. The van der Waals surface area contributed by atoms with Crippen LogP contribution >= 0.6 is 11.6 Å². The van der Waals surface area contributed by atoms with Crippen LogP contribution < -0.4 is 4.74 Å². The summed E-state index contributed by atoms with van der Waals surface area (Å²) in [5.74, 6) is 0.620. The average molecular weight is 291 g/mol. The van der Waals surface area contributed by atoms with E-state index in [4.69, 9.17) is 16.3 Å². The van der Waals surface area contributed by atoms with Gasteiger partial charge in [0.05, 0.1) is 18.2 Å². The molecule has 1 N–H and O–H groups in total. The van der Waals surface area contributed by atoms with Crippen molar-refractivity contribution in [3.8, 4) is 5.75 Å². The summed E-state index contributed by atoms with van der Waals surface area (Å²) in [7, 11) is 1.58. The van der Waals surface area contributed by atoms with Crippen molar-refractivity contribution in [2.45, 2.75) is 26.4 Å². The maximum Gasteiger partial charge on any atom is 0.137 e. The van der Waals surface area contributed by atoms with Crippen molar-refractivity contribution < 1.29 is 9.84 Å². The highest BCUT2D eigenvalue weighted by atomic mass is 35.5. The number of halogens is 1. The first-order valence-electron chi connectivity index (χ1n) is 6.59. The highest BCUT2D eigenvalue weighted by Crippen LogP contribution is 2.29. The lowest BCUT2D eigenvalue weighted by atomic mass is 9.97. The molecule has 106 valence electrons. The zero-order valence-corrected chi connectivity index (χ0v) is 12.7. The molecule has 0 aromatic heterocycles. The molecule has 20 heavy (non-hydrogen) atoms. The number of aliphatic hydroxyl groups excluding tert-OH is 1. The summed E-state index contributed by atoms with van der Waals surface area (Å²) in [5.41, 5.74) is 4.35. The van der Waals surface area contributed by atoms with E-state index < -0.39 is 6.10 Å². The van der Waals surface area contributed by atoms with E-state index in [0.717, 1.165) is 11.1 Å². The fourth-order valence-corrected chi connectivity index (χ4v) is 2.50. The van der Waals surface area contributed by atoms with Gasteiger partial charge in [0.2, 0.25) is 0 Å².